The largest absolute Gasteiger partial charge is 0.482 e. The molecule has 3 N–H and O–H groups in total. The Morgan fingerprint density at radius 3 is 2.61 bits per heavy atom. The first-order valence-electron chi connectivity index (χ1n) is 9.82. The summed E-state index contributed by atoms with van der Waals surface area (Å²) in [7, 11) is -0.583. The molecule has 1 aliphatic rings. The van der Waals surface area contributed by atoms with E-state index in [4.69, 9.17) is 16.3 Å². The molecule has 0 spiro atoms. The van der Waals surface area contributed by atoms with Gasteiger partial charge < -0.3 is 20.3 Å². The number of rotatable bonds is 6. The van der Waals surface area contributed by atoms with Crippen molar-refractivity contribution in [3.8, 4) is 5.75 Å². The van der Waals surface area contributed by atoms with E-state index in [1.807, 2.05) is 0 Å². The number of nitrogens with zero attached hydrogens (tertiary/aromatic N) is 3. The molecule has 2 aromatic carbocycles. The number of sulfonamides is 1. The smallest absolute Gasteiger partial charge is 0.264 e. The lowest BCUT2D eigenvalue weighted by Crippen LogP contribution is -2.35. The third-order valence-electron chi connectivity index (χ3n) is 5.05. The summed E-state index contributed by atoms with van der Waals surface area (Å²) >= 11 is 6.28. The summed E-state index contributed by atoms with van der Waals surface area (Å²) < 4.78 is 32.2. The van der Waals surface area contributed by atoms with Crippen molar-refractivity contribution in [3.05, 3.63) is 53.2 Å². The third kappa shape index (κ3) is 4.70. The van der Waals surface area contributed by atoms with E-state index in [1.165, 1.54) is 24.2 Å². The molecule has 1 amide bonds. The molecule has 0 atom stereocenters. The second-order valence-corrected chi connectivity index (χ2v) is 9.51. The summed E-state index contributed by atoms with van der Waals surface area (Å²) in [6, 6.07) is 10.2. The highest BCUT2D eigenvalue weighted by atomic mass is 35.5. The van der Waals surface area contributed by atoms with Crippen molar-refractivity contribution < 1.29 is 17.9 Å². The first-order valence-corrected chi connectivity index (χ1v) is 11.7. The molecule has 0 radical (unpaired) electrons. The van der Waals surface area contributed by atoms with Crippen LogP contribution in [0.3, 0.4) is 0 Å². The summed E-state index contributed by atoms with van der Waals surface area (Å²) in [6.07, 6.45) is 1.43. The number of fused-ring (bicyclic) bond motifs is 1. The Morgan fingerprint density at radius 1 is 1.12 bits per heavy atom. The quantitative estimate of drug-likeness (QED) is 0.483. The molecule has 1 aliphatic heterocycles. The molecule has 4 rings (SSSR count). The maximum absolute atomic E-state index is 12.2. The molecule has 0 aliphatic carbocycles. The molecule has 2 heterocycles. The van der Waals surface area contributed by atoms with Crippen LogP contribution in [0, 0.1) is 6.92 Å². The van der Waals surface area contributed by atoms with E-state index >= 15 is 0 Å². The molecule has 12 heteroatoms. The maximum Gasteiger partial charge on any atom is 0.264 e. The van der Waals surface area contributed by atoms with Crippen LogP contribution in [0.4, 0.5) is 28.8 Å². The van der Waals surface area contributed by atoms with Gasteiger partial charge in [0.15, 0.2) is 12.4 Å². The Kier molecular flexibility index (Phi) is 6.11. The van der Waals surface area contributed by atoms with Gasteiger partial charge >= 0.3 is 0 Å². The summed E-state index contributed by atoms with van der Waals surface area (Å²) in [5.41, 5.74) is 2.36. The average Bonchev–Trinajstić information content (AvgIpc) is 2.80. The minimum atomic E-state index is -3.62. The fraction of sp³-hybridized carbons (Fsp3) is 0.190. The van der Waals surface area contributed by atoms with Crippen LogP contribution < -0.4 is 25.0 Å². The number of hydrogen-bond acceptors (Lipinski definition) is 8. The van der Waals surface area contributed by atoms with E-state index in [0.29, 0.717) is 34.2 Å². The number of nitrogens with one attached hydrogen (secondary N) is 3. The number of carbonyl (C=O) groups excluding carboxylic acids is 1. The Balaban J connectivity index is 1.60. The van der Waals surface area contributed by atoms with Crippen molar-refractivity contribution in [2.24, 2.45) is 0 Å². The van der Waals surface area contributed by atoms with Crippen LogP contribution in [0.5, 0.6) is 5.75 Å². The van der Waals surface area contributed by atoms with Crippen molar-refractivity contribution in [3.63, 3.8) is 0 Å². The van der Waals surface area contributed by atoms with Gasteiger partial charge in [-0.1, -0.05) is 17.7 Å². The molecule has 1 aromatic heterocycles. The molecular weight excluding hydrogens is 468 g/mol. The third-order valence-corrected chi connectivity index (χ3v) is 6.89. The van der Waals surface area contributed by atoms with Gasteiger partial charge in [0, 0.05) is 18.4 Å². The molecule has 0 saturated carbocycles. The molecule has 3 aromatic rings. The van der Waals surface area contributed by atoms with Crippen LogP contribution in [0.1, 0.15) is 5.56 Å². The van der Waals surface area contributed by atoms with Crippen LogP contribution in [-0.2, 0) is 14.8 Å². The van der Waals surface area contributed by atoms with E-state index in [9.17, 15) is 13.2 Å². The van der Waals surface area contributed by atoms with Gasteiger partial charge in [-0.15, -0.1) is 0 Å². The van der Waals surface area contributed by atoms with Crippen molar-refractivity contribution in [1.82, 2.24) is 14.7 Å². The van der Waals surface area contributed by atoms with Crippen molar-refractivity contribution >= 4 is 56.4 Å². The Hall–Kier alpha value is -3.41. The number of carbonyl (C=O) groups is 1. The molecule has 33 heavy (non-hydrogen) atoms. The molecule has 0 fully saturated rings. The Morgan fingerprint density at radius 2 is 1.85 bits per heavy atom. The lowest BCUT2D eigenvalue weighted by Gasteiger charge is -2.26. The number of hydrogen-bond donors (Lipinski definition) is 3. The number of amides is 1. The van der Waals surface area contributed by atoms with Crippen LogP contribution in [-0.4, -0.2) is 45.0 Å². The van der Waals surface area contributed by atoms with E-state index in [2.05, 4.69) is 25.3 Å². The monoisotopic (exact) mass is 488 g/mol. The number of halogens is 1. The normalized spacial score (nSPS) is 13.3. The van der Waals surface area contributed by atoms with Crippen molar-refractivity contribution in [2.75, 3.05) is 36.2 Å². The van der Waals surface area contributed by atoms with E-state index in [-0.39, 0.29) is 28.4 Å². The van der Waals surface area contributed by atoms with Gasteiger partial charge in [-0.2, -0.15) is 4.98 Å². The zero-order valence-corrected chi connectivity index (χ0v) is 19.6. The fourth-order valence-corrected chi connectivity index (χ4v) is 4.34. The number of aromatic nitrogens is 2. The molecular formula is C21H21ClN6O4S. The van der Waals surface area contributed by atoms with Gasteiger partial charge in [0.1, 0.15) is 10.8 Å². The maximum atomic E-state index is 12.2. The van der Waals surface area contributed by atoms with Gasteiger partial charge in [0.2, 0.25) is 16.0 Å². The number of likely N-dealkylation sites (N-methyl/N-ethyl adjacent to an activating group) is 1. The molecule has 0 saturated heterocycles. The van der Waals surface area contributed by atoms with Crippen LogP contribution in [0.2, 0.25) is 5.02 Å². The summed E-state index contributed by atoms with van der Waals surface area (Å²) in [5.74, 6) is 0.997. The SMILES string of the molecule is CNS(=O)(=O)c1cc(Nc2ncc(Cl)c(Nc3ccc4c(c3)N(C)C(=O)CO4)n2)ccc1C. The molecule has 172 valence electrons. The summed E-state index contributed by atoms with van der Waals surface area (Å²) in [6.45, 7) is 1.71. The fourth-order valence-electron chi connectivity index (χ4n) is 3.21. The summed E-state index contributed by atoms with van der Waals surface area (Å²) in [4.78, 5) is 22.2. The number of benzene rings is 2. The van der Waals surface area contributed by atoms with Crippen molar-refractivity contribution in [2.45, 2.75) is 11.8 Å². The standard InChI is InChI=1S/C21H21ClN6O4S/c1-12-4-5-14(9-18(12)33(30,31)23-2)26-21-24-10-15(22)20(27-21)25-13-6-7-17-16(8-13)28(3)19(29)11-32-17/h4-10,23H,11H2,1-3H3,(H2,24,25,26,27). The van der Waals surface area contributed by atoms with Gasteiger partial charge in [-0.25, -0.2) is 18.1 Å². The van der Waals surface area contributed by atoms with E-state index in [1.54, 1.807) is 44.3 Å². The van der Waals surface area contributed by atoms with Gasteiger partial charge in [0.05, 0.1) is 16.8 Å². The van der Waals surface area contributed by atoms with Gasteiger partial charge in [-0.3, -0.25) is 4.79 Å². The highest BCUT2D eigenvalue weighted by molar-refractivity contribution is 7.89. The zero-order valence-electron chi connectivity index (χ0n) is 18.0. The number of aryl methyl sites for hydroxylation is 1. The van der Waals surface area contributed by atoms with Crippen LogP contribution >= 0.6 is 11.6 Å². The second-order valence-electron chi connectivity index (χ2n) is 7.25. The number of anilines is 5. The van der Waals surface area contributed by atoms with E-state index in [0.717, 1.165) is 0 Å². The van der Waals surface area contributed by atoms with Crippen LogP contribution in [0.25, 0.3) is 0 Å². The highest BCUT2D eigenvalue weighted by Crippen LogP contribution is 2.35. The predicted molar refractivity (Wildman–Crippen MR) is 126 cm³/mol. The summed E-state index contributed by atoms with van der Waals surface area (Å²) in [5, 5.41) is 6.39. The minimum Gasteiger partial charge on any atom is -0.482 e. The first kappa shape index (κ1) is 22.8. The van der Waals surface area contributed by atoms with Crippen LogP contribution in [0.15, 0.2) is 47.5 Å². The zero-order chi connectivity index (χ0) is 23.8. The molecule has 0 bridgehead atoms. The molecule has 0 unspecified atom stereocenters. The van der Waals surface area contributed by atoms with E-state index < -0.39 is 10.0 Å². The Bertz CT molecular complexity index is 1350. The van der Waals surface area contributed by atoms with Gasteiger partial charge in [-0.05, 0) is 49.9 Å². The predicted octanol–water partition coefficient (Wildman–Crippen LogP) is 3.19. The lowest BCUT2D eigenvalue weighted by molar-refractivity contribution is -0.120. The number of ether oxygens (including phenoxy) is 1. The Labute approximate surface area is 196 Å². The van der Waals surface area contributed by atoms with Crippen molar-refractivity contribution in [1.29, 1.82) is 0 Å². The highest BCUT2D eigenvalue weighted by Gasteiger charge is 2.22. The lowest BCUT2D eigenvalue weighted by atomic mass is 10.2. The first-order chi connectivity index (χ1) is 15.7. The minimum absolute atomic E-state index is 0.000608. The average molecular weight is 489 g/mol. The van der Waals surface area contributed by atoms with Gasteiger partial charge in [0.25, 0.3) is 5.91 Å². The topological polar surface area (TPSA) is 126 Å². The second kappa shape index (κ2) is 8.85. The molecule has 10 nitrogen and oxygen atoms in total.